The lowest BCUT2D eigenvalue weighted by Crippen LogP contribution is -2.25. The molecule has 0 aromatic heterocycles. The van der Waals surface area contributed by atoms with Crippen molar-refractivity contribution >= 4 is 5.97 Å². The second-order valence-electron chi connectivity index (χ2n) is 4.46. The highest BCUT2D eigenvalue weighted by molar-refractivity contribution is 5.73. The summed E-state index contributed by atoms with van der Waals surface area (Å²) in [7, 11) is 0. The number of allylic oxidation sites excluding steroid dienone is 2. The highest BCUT2D eigenvalue weighted by Crippen LogP contribution is 2.38. The fraction of sp³-hybridized carbons (Fsp3) is 0.533. The zero-order chi connectivity index (χ0) is 14.3. The van der Waals surface area contributed by atoms with Crippen LogP contribution in [0.1, 0.15) is 32.6 Å². The molecule has 1 unspecified atom stereocenters. The SMILES string of the molecule is C#CCC(C#N)(C#N)C1=CCC(C(=O)OCC)CC1. The Kier molecular flexibility index (Phi) is 5.16. The van der Waals surface area contributed by atoms with Gasteiger partial charge in [-0.3, -0.25) is 4.79 Å². The molecule has 0 fully saturated rings. The topological polar surface area (TPSA) is 73.9 Å². The van der Waals surface area contributed by atoms with Crippen molar-refractivity contribution in [2.75, 3.05) is 6.61 Å². The molecule has 0 aromatic carbocycles. The summed E-state index contributed by atoms with van der Waals surface area (Å²) in [5.74, 6) is 1.99. The van der Waals surface area contributed by atoms with E-state index >= 15 is 0 Å². The Morgan fingerprint density at radius 3 is 2.68 bits per heavy atom. The van der Waals surface area contributed by atoms with Crippen LogP contribution in [0.3, 0.4) is 0 Å². The van der Waals surface area contributed by atoms with Crippen LogP contribution in [0.25, 0.3) is 0 Å². The van der Waals surface area contributed by atoms with Gasteiger partial charge in [0, 0.05) is 6.42 Å². The number of carbonyl (C=O) groups is 1. The van der Waals surface area contributed by atoms with E-state index in [0.717, 1.165) is 5.57 Å². The van der Waals surface area contributed by atoms with Crippen LogP contribution in [0.5, 0.6) is 0 Å². The number of carbonyl (C=O) groups excluding carboxylic acids is 1. The number of ether oxygens (including phenoxy) is 1. The van der Waals surface area contributed by atoms with Gasteiger partial charge in [0.1, 0.15) is 0 Å². The molecule has 0 saturated carbocycles. The summed E-state index contributed by atoms with van der Waals surface area (Å²) in [4.78, 5) is 11.6. The number of esters is 1. The van der Waals surface area contributed by atoms with Crippen LogP contribution in [0.15, 0.2) is 11.6 Å². The first-order chi connectivity index (χ1) is 9.13. The van der Waals surface area contributed by atoms with Crippen LogP contribution in [0.2, 0.25) is 0 Å². The van der Waals surface area contributed by atoms with Crippen molar-refractivity contribution in [3.63, 3.8) is 0 Å². The van der Waals surface area contributed by atoms with Crippen LogP contribution in [0.4, 0.5) is 0 Å². The Hall–Kier alpha value is -2.25. The van der Waals surface area contributed by atoms with Gasteiger partial charge in [0.15, 0.2) is 5.41 Å². The molecule has 0 heterocycles. The first kappa shape index (κ1) is 14.8. The molecule has 4 heteroatoms. The number of hydrogen-bond acceptors (Lipinski definition) is 4. The van der Waals surface area contributed by atoms with Crippen LogP contribution in [-0.4, -0.2) is 12.6 Å². The fourth-order valence-electron chi connectivity index (χ4n) is 2.21. The van der Waals surface area contributed by atoms with Gasteiger partial charge in [-0.25, -0.2) is 0 Å². The van der Waals surface area contributed by atoms with E-state index in [9.17, 15) is 15.3 Å². The highest BCUT2D eigenvalue weighted by Gasteiger charge is 2.36. The average Bonchev–Trinajstić information content (AvgIpc) is 2.45. The second-order valence-corrected chi connectivity index (χ2v) is 4.46. The largest absolute Gasteiger partial charge is 0.466 e. The van der Waals surface area contributed by atoms with Gasteiger partial charge in [-0.15, -0.1) is 12.3 Å². The minimum atomic E-state index is -1.24. The molecule has 0 spiro atoms. The summed E-state index contributed by atoms with van der Waals surface area (Å²) >= 11 is 0. The van der Waals surface area contributed by atoms with Crippen LogP contribution < -0.4 is 0 Å². The molecule has 4 nitrogen and oxygen atoms in total. The van der Waals surface area contributed by atoms with Gasteiger partial charge in [-0.2, -0.15) is 10.5 Å². The van der Waals surface area contributed by atoms with Crippen molar-refractivity contribution in [1.29, 1.82) is 10.5 Å². The lowest BCUT2D eigenvalue weighted by Gasteiger charge is -2.26. The van der Waals surface area contributed by atoms with Gasteiger partial charge >= 0.3 is 5.97 Å². The van der Waals surface area contributed by atoms with E-state index in [1.165, 1.54) is 0 Å². The van der Waals surface area contributed by atoms with Gasteiger partial charge in [0.2, 0.25) is 0 Å². The lowest BCUT2D eigenvalue weighted by molar-refractivity contribution is -0.148. The Bertz CT molecular complexity index is 486. The number of nitrogens with zero attached hydrogens (tertiary/aromatic N) is 2. The molecule has 0 aliphatic heterocycles. The molecule has 0 N–H and O–H groups in total. The lowest BCUT2D eigenvalue weighted by atomic mass is 9.73. The fourth-order valence-corrected chi connectivity index (χ4v) is 2.21. The Balaban J connectivity index is 2.85. The summed E-state index contributed by atoms with van der Waals surface area (Å²) in [6.07, 6.45) is 8.75. The van der Waals surface area contributed by atoms with Crippen molar-refractivity contribution in [1.82, 2.24) is 0 Å². The quantitative estimate of drug-likeness (QED) is 0.439. The summed E-state index contributed by atoms with van der Waals surface area (Å²) in [6.45, 7) is 2.13. The molecule has 0 amide bonds. The van der Waals surface area contributed by atoms with Crippen molar-refractivity contribution in [3.05, 3.63) is 11.6 Å². The summed E-state index contributed by atoms with van der Waals surface area (Å²) in [5.41, 5.74) is -0.509. The standard InChI is InChI=1S/C15H16N2O2/c1-3-9-15(10-16,11-17)13-7-5-12(6-8-13)14(18)19-4-2/h1,7,12H,4-6,8-9H2,2H3. The molecule has 19 heavy (non-hydrogen) atoms. The minimum Gasteiger partial charge on any atom is -0.466 e. The van der Waals surface area contributed by atoms with Gasteiger partial charge in [-0.1, -0.05) is 6.08 Å². The second kappa shape index (κ2) is 6.62. The zero-order valence-corrected chi connectivity index (χ0v) is 11.0. The summed E-state index contributed by atoms with van der Waals surface area (Å²) < 4.78 is 4.97. The Morgan fingerprint density at radius 1 is 1.58 bits per heavy atom. The van der Waals surface area contributed by atoms with Crippen LogP contribution >= 0.6 is 0 Å². The Labute approximate surface area is 113 Å². The molecule has 0 radical (unpaired) electrons. The van der Waals surface area contributed by atoms with E-state index in [1.807, 2.05) is 12.1 Å². The molecular formula is C15H16N2O2. The van der Waals surface area contributed by atoms with E-state index in [0.29, 0.717) is 25.9 Å². The third-order valence-electron chi connectivity index (χ3n) is 3.33. The van der Waals surface area contributed by atoms with Gasteiger partial charge in [0.25, 0.3) is 0 Å². The first-order valence-corrected chi connectivity index (χ1v) is 6.25. The van der Waals surface area contributed by atoms with Crippen LogP contribution in [0, 0.1) is 46.3 Å². The third-order valence-corrected chi connectivity index (χ3v) is 3.33. The predicted octanol–water partition coefficient (Wildman–Crippen LogP) is 2.33. The van der Waals surface area contributed by atoms with Gasteiger partial charge in [0.05, 0.1) is 24.7 Å². The molecule has 1 aliphatic rings. The smallest absolute Gasteiger partial charge is 0.309 e. The van der Waals surface area contributed by atoms with Crippen molar-refractivity contribution in [3.8, 4) is 24.5 Å². The van der Waals surface area contributed by atoms with Crippen molar-refractivity contribution in [2.24, 2.45) is 11.3 Å². The minimum absolute atomic E-state index is 0.0793. The van der Waals surface area contributed by atoms with E-state index in [1.54, 1.807) is 13.0 Å². The predicted molar refractivity (Wildman–Crippen MR) is 69.2 cm³/mol. The molecule has 0 aromatic rings. The number of rotatable bonds is 4. The van der Waals surface area contributed by atoms with Crippen LogP contribution in [-0.2, 0) is 9.53 Å². The third kappa shape index (κ3) is 3.15. The summed E-state index contributed by atoms with van der Waals surface area (Å²) in [5, 5.41) is 18.4. The van der Waals surface area contributed by atoms with E-state index < -0.39 is 5.41 Å². The maximum Gasteiger partial charge on any atom is 0.309 e. The van der Waals surface area contributed by atoms with Crippen molar-refractivity contribution in [2.45, 2.75) is 32.6 Å². The van der Waals surface area contributed by atoms with E-state index in [-0.39, 0.29) is 18.3 Å². The Morgan fingerprint density at radius 2 is 2.26 bits per heavy atom. The highest BCUT2D eigenvalue weighted by atomic mass is 16.5. The van der Waals surface area contributed by atoms with E-state index in [2.05, 4.69) is 5.92 Å². The molecule has 1 atom stereocenters. The average molecular weight is 256 g/mol. The number of terminal acetylenes is 1. The molecule has 1 rings (SSSR count). The van der Waals surface area contributed by atoms with Crippen molar-refractivity contribution < 1.29 is 9.53 Å². The normalized spacial score (nSPS) is 18.4. The molecule has 0 bridgehead atoms. The monoisotopic (exact) mass is 256 g/mol. The molecule has 0 saturated heterocycles. The summed E-state index contributed by atoms with van der Waals surface area (Å²) in [6, 6.07) is 4.03. The number of nitriles is 2. The number of hydrogen-bond donors (Lipinski definition) is 0. The first-order valence-electron chi connectivity index (χ1n) is 6.25. The molecule has 1 aliphatic carbocycles. The molecular weight excluding hydrogens is 240 g/mol. The maximum atomic E-state index is 11.6. The zero-order valence-electron chi connectivity index (χ0n) is 11.0. The van der Waals surface area contributed by atoms with Gasteiger partial charge in [-0.05, 0) is 31.8 Å². The van der Waals surface area contributed by atoms with E-state index in [4.69, 9.17) is 11.2 Å². The van der Waals surface area contributed by atoms with Gasteiger partial charge < -0.3 is 4.74 Å². The maximum absolute atomic E-state index is 11.6. The molecule has 98 valence electrons.